The number of nitrogens with two attached hydrogens (primary N) is 1. The number of fused-ring (bicyclic) bond motifs is 1. The van der Waals surface area contributed by atoms with Gasteiger partial charge in [-0.1, -0.05) is 30.3 Å². The maximum atomic E-state index is 12.4. The molecule has 7 nitrogen and oxygen atoms in total. The molecule has 1 aliphatic heterocycles. The average Bonchev–Trinajstić information content (AvgIpc) is 3.07. The van der Waals surface area contributed by atoms with Gasteiger partial charge in [-0.25, -0.2) is 9.97 Å². The van der Waals surface area contributed by atoms with E-state index in [1.54, 1.807) is 18.3 Å². The Morgan fingerprint density at radius 1 is 1.29 bits per heavy atom. The Labute approximate surface area is 163 Å². The summed E-state index contributed by atoms with van der Waals surface area (Å²) in [6, 6.07) is 8.24. The summed E-state index contributed by atoms with van der Waals surface area (Å²) in [6.07, 6.45) is 6.96. The molecule has 2 aromatic heterocycles. The third-order valence-electron chi connectivity index (χ3n) is 5.22. The van der Waals surface area contributed by atoms with Gasteiger partial charge in [0, 0.05) is 18.7 Å². The summed E-state index contributed by atoms with van der Waals surface area (Å²) in [4.78, 5) is 27.7. The minimum atomic E-state index is 0.0446. The molecule has 1 amide bonds. The Kier molecular flexibility index (Phi) is 4.81. The average molecular weight is 376 g/mol. The number of aryl methyl sites for hydroxylation is 1. The number of amides is 1. The molecule has 2 N–H and O–H groups in total. The zero-order valence-corrected chi connectivity index (χ0v) is 16.2. The lowest BCUT2D eigenvalue weighted by Gasteiger charge is -2.33. The number of nitrogens with zero attached hydrogens (tertiary/aromatic N) is 5. The zero-order chi connectivity index (χ0) is 19.7. The van der Waals surface area contributed by atoms with Gasteiger partial charge in [0.05, 0.1) is 12.2 Å². The second kappa shape index (κ2) is 7.42. The van der Waals surface area contributed by atoms with E-state index < -0.39 is 0 Å². The fourth-order valence-corrected chi connectivity index (χ4v) is 3.88. The molecule has 0 aliphatic carbocycles. The maximum Gasteiger partial charge on any atom is 0.246 e. The maximum absolute atomic E-state index is 12.4. The van der Waals surface area contributed by atoms with Crippen molar-refractivity contribution in [1.29, 1.82) is 0 Å². The lowest BCUT2D eigenvalue weighted by Crippen LogP contribution is -2.40. The number of aromatic nitrogens is 4. The number of piperidine rings is 1. The van der Waals surface area contributed by atoms with Crippen molar-refractivity contribution in [2.45, 2.75) is 32.7 Å². The van der Waals surface area contributed by atoms with Crippen molar-refractivity contribution in [3.63, 3.8) is 0 Å². The minimum absolute atomic E-state index is 0.0446. The van der Waals surface area contributed by atoms with Crippen molar-refractivity contribution in [3.8, 4) is 11.4 Å². The molecule has 7 heteroatoms. The molecule has 0 spiro atoms. The van der Waals surface area contributed by atoms with Crippen molar-refractivity contribution in [2.75, 3.05) is 18.8 Å². The van der Waals surface area contributed by atoms with Gasteiger partial charge >= 0.3 is 0 Å². The van der Waals surface area contributed by atoms with Crippen molar-refractivity contribution >= 4 is 23.0 Å². The van der Waals surface area contributed by atoms with Crippen LogP contribution in [0.1, 0.15) is 31.4 Å². The van der Waals surface area contributed by atoms with E-state index in [0.717, 1.165) is 42.0 Å². The fourth-order valence-electron chi connectivity index (χ4n) is 3.88. The molecular formula is C21H24N6O. The molecule has 1 unspecified atom stereocenters. The first-order valence-corrected chi connectivity index (χ1v) is 9.56. The summed E-state index contributed by atoms with van der Waals surface area (Å²) < 4.78 is 2.14. The topological polar surface area (TPSA) is 89.9 Å². The number of hydrogen-bond donors (Lipinski definition) is 1. The quantitative estimate of drug-likeness (QED) is 0.709. The number of carbonyl (C=O) groups excluding carboxylic acids is 1. The number of nitrogen functional groups attached to an aromatic ring is 1. The monoisotopic (exact) mass is 376 g/mol. The van der Waals surface area contributed by atoms with Crippen LogP contribution in [0.15, 0.2) is 42.6 Å². The number of rotatable bonds is 3. The lowest BCUT2D eigenvalue weighted by atomic mass is 10.0. The van der Waals surface area contributed by atoms with Crippen LogP contribution in [-0.2, 0) is 4.79 Å². The SMILES string of the molecule is C/C=C\C(=O)N1CCCC(n2c(-c3ccccc3C)nc3cnc(N)nc32)C1. The number of likely N-dealkylation sites (tertiary alicyclic amines) is 1. The first-order valence-electron chi connectivity index (χ1n) is 9.56. The predicted octanol–water partition coefficient (Wildman–Crippen LogP) is 3.12. The molecular weight excluding hydrogens is 352 g/mol. The smallest absolute Gasteiger partial charge is 0.246 e. The van der Waals surface area contributed by atoms with Crippen LogP contribution in [0.2, 0.25) is 0 Å². The van der Waals surface area contributed by atoms with E-state index in [9.17, 15) is 4.79 Å². The van der Waals surface area contributed by atoms with Gasteiger partial charge in [-0.3, -0.25) is 4.79 Å². The van der Waals surface area contributed by atoms with E-state index >= 15 is 0 Å². The number of allylic oxidation sites excluding steroid dienone is 1. The third kappa shape index (κ3) is 3.24. The van der Waals surface area contributed by atoms with Crippen molar-refractivity contribution in [3.05, 3.63) is 48.2 Å². The van der Waals surface area contributed by atoms with E-state index in [1.807, 2.05) is 24.0 Å². The molecule has 0 bridgehead atoms. The van der Waals surface area contributed by atoms with Crippen molar-refractivity contribution in [2.24, 2.45) is 0 Å². The summed E-state index contributed by atoms with van der Waals surface area (Å²) >= 11 is 0. The summed E-state index contributed by atoms with van der Waals surface area (Å²) in [5.74, 6) is 1.11. The lowest BCUT2D eigenvalue weighted by molar-refractivity contribution is -0.127. The molecule has 1 aromatic carbocycles. The minimum Gasteiger partial charge on any atom is -0.368 e. The molecule has 144 valence electrons. The van der Waals surface area contributed by atoms with Gasteiger partial charge in [0.25, 0.3) is 0 Å². The molecule has 0 radical (unpaired) electrons. The van der Waals surface area contributed by atoms with E-state index in [0.29, 0.717) is 12.1 Å². The molecule has 28 heavy (non-hydrogen) atoms. The first kappa shape index (κ1) is 18.2. The van der Waals surface area contributed by atoms with Crippen LogP contribution in [0.5, 0.6) is 0 Å². The Bertz CT molecular complexity index is 1050. The molecule has 1 atom stereocenters. The van der Waals surface area contributed by atoms with Gasteiger partial charge in [0.2, 0.25) is 11.9 Å². The van der Waals surface area contributed by atoms with Crippen LogP contribution in [0, 0.1) is 6.92 Å². The van der Waals surface area contributed by atoms with Crippen LogP contribution >= 0.6 is 0 Å². The second-order valence-corrected chi connectivity index (χ2v) is 7.14. The summed E-state index contributed by atoms with van der Waals surface area (Å²) in [5, 5.41) is 0. The van der Waals surface area contributed by atoms with Crippen LogP contribution in [0.4, 0.5) is 5.95 Å². The largest absolute Gasteiger partial charge is 0.368 e. The number of hydrogen-bond acceptors (Lipinski definition) is 5. The predicted molar refractivity (Wildman–Crippen MR) is 110 cm³/mol. The second-order valence-electron chi connectivity index (χ2n) is 7.14. The van der Waals surface area contributed by atoms with Gasteiger partial charge < -0.3 is 15.2 Å². The Balaban J connectivity index is 1.85. The fraction of sp³-hybridized carbons (Fsp3) is 0.333. The van der Waals surface area contributed by atoms with Crippen LogP contribution in [0.3, 0.4) is 0 Å². The molecule has 0 saturated carbocycles. The number of imidazole rings is 1. The molecule has 4 rings (SSSR count). The number of benzene rings is 1. The van der Waals surface area contributed by atoms with Crippen LogP contribution in [-0.4, -0.2) is 43.4 Å². The molecule has 3 heterocycles. The van der Waals surface area contributed by atoms with E-state index in [1.165, 1.54) is 0 Å². The van der Waals surface area contributed by atoms with E-state index in [-0.39, 0.29) is 17.9 Å². The highest BCUT2D eigenvalue weighted by molar-refractivity contribution is 5.87. The highest BCUT2D eigenvalue weighted by Crippen LogP contribution is 2.33. The standard InChI is InChI=1S/C21H24N6O/c1-3-7-18(28)26-11-6-9-15(13-26)27-19(16-10-5-4-8-14(16)2)24-17-12-23-21(22)25-20(17)27/h3-5,7-8,10,12,15H,6,9,11,13H2,1-2H3,(H2,22,23,25)/b7-3-. The highest BCUT2D eigenvalue weighted by atomic mass is 16.2. The molecule has 1 saturated heterocycles. The summed E-state index contributed by atoms with van der Waals surface area (Å²) in [6.45, 7) is 5.32. The first-order chi connectivity index (χ1) is 13.6. The molecule has 3 aromatic rings. The summed E-state index contributed by atoms with van der Waals surface area (Å²) in [7, 11) is 0. The number of carbonyl (C=O) groups is 1. The van der Waals surface area contributed by atoms with Gasteiger partial charge in [0.15, 0.2) is 5.65 Å². The zero-order valence-electron chi connectivity index (χ0n) is 16.2. The normalized spacial score (nSPS) is 17.5. The highest BCUT2D eigenvalue weighted by Gasteiger charge is 2.28. The number of anilines is 1. The van der Waals surface area contributed by atoms with Crippen molar-refractivity contribution in [1.82, 2.24) is 24.4 Å². The van der Waals surface area contributed by atoms with Crippen LogP contribution < -0.4 is 5.73 Å². The third-order valence-corrected chi connectivity index (χ3v) is 5.22. The van der Waals surface area contributed by atoms with Gasteiger partial charge in [-0.05, 0) is 38.3 Å². The van der Waals surface area contributed by atoms with E-state index in [4.69, 9.17) is 10.7 Å². The Hall–Kier alpha value is -3.22. The van der Waals surface area contributed by atoms with Gasteiger partial charge in [-0.15, -0.1) is 0 Å². The van der Waals surface area contributed by atoms with Gasteiger partial charge in [0.1, 0.15) is 11.3 Å². The van der Waals surface area contributed by atoms with Crippen molar-refractivity contribution < 1.29 is 4.79 Å². The summed E-state index contributed by atoms with van der Waals surface area (Å²) in [5.41, 5.74) is 9.50. The Morgan fingerprint density at radius 2 is 2.11 bits per heavy atom. The molecule has 1 fully saturated rings. The van der Waals surface area contributed by atoms with E-state index in [2.05, 4.69) is 33.6 Å². The molecule has 1 aliphatic rings. The van der Waals surface area contributed by atoms with Crippen LogP contribution in [0.25, 0.3) is 22.6 Å². The van der Waals surface area contributed by atoms with Gasteiger partial charge in [-0.2, -0.15) is 4.98 Å². The Morgan fingerprint density at radius 3 is 2.89 bits per heavy atom.